The minimum atomic E-state index is -4.42. The van der Waals surface area contributed by atoms with Gasteiger partial charge in [0.05, 0.1) is 10.2 Å². The second kappa shape index (κ2) is 7.73. The molecule has 0 aliphatic rings. The van der Waals surface area contributed by atoms with E-state index >= 15 is 0 Å². The average Bonchev–Trinajstić information content (AvgIpc) is 3.03. The van der Waals surface area contributed by atoms with Crippen molar-refractivity contribution in [1.29, 1.82) is 0 Å². The molecular weight excluding hydrogens is 389 g/mol. The zero-order valence-corrected chi connectivity index (χ0v) is 15.9. The van der Waals surface area contributed by atoms with Crippen molar-refractivity contribution in [2.24, 2.45) is 0 Å². The number of anilines is 1. The van der Waals surface area contributed by atoms with E-state index in [1.807, 2.05) is 0 Å². The highest BCUT2D eigenvalue weighted by Gasteiger charge is 2.22. The van der Waals surface area contributed by atoms with Crippen LogP contribution in [0.2, 0.25) is 0 Å². The number of carbonyl (C=O) groups is 1. The molecule has 1 amide bonds. The van der Waals surface area contributed by atoms with E-state index in [2.05, 4.69) is 10.3 Å². The molecule has 8 heteroatoms. The molecule has 2 N–H and O–H groups in total. The topological polar surface area (TPSA) is 62.2 Å². The third-order valence-electron chi connectivity index (χ3n) is 4.09. The number of thiazole rings is 1. The van der Waals surface area contributed by atoms with Crippen LogP contribution in [0.5, 0.6) is 0 Å². The van der Waals surface area contributed by atoms with E-state index in [1.54, 1.807) is 38.1 Å². The molecule has 3 aromatic rings. The first-order valence-electron chi connectivity index (χ1n) is 8.39. The van der Waals surface area contributed by atoms with Gasteiger partial charge < -0.3 is 10.4 Å². The molecule has 0 aliphatic heterocycles. The Morgan fingerprint density at radius 3 is 2.71 bits per heavy atom. The van der Waals surface area contributed by atoms with Crippen LogP contribution in [0.25, 0.3) is 16.3 Å². The second-order valence-corrected chi connectivity index (χ2v) is 7.32. The van der Waals surface area contributed by atoms with Gasteiger partial charge in [-0.3, -0.25) is 4.79 Å². The number of amides is 1. The van der Waals surface area contributed by atoms with Crippen molar-refractivity contribution >= 4 is 39.2 Å². The smallest absolute Gasteiger partial charge is 0.386 e. The van der Waals surface area contributed by atoms with Gasteiger partial charge in [-0.25, -0.2) is 4.98 Å². The van der Waals surface area contributed by atoms with Crippen LogP contribution < -0.4 is 5.32 Å². The van der Waals surface area contributed by atoms with E-state index in [0.29, 0.717) is 27.3 Å². The summed E-state index contributed by atoms with van der Waals surface area (Å²) in [6, 6.07) is 9.82. The van der Waals surface area contributed by atoms with Crippen LogP contribution in [0.15, 0.2) is 42.5 Å². The number of nitrogens with zero attached hydrogens (tertiary/aromatic N) is 1. The molecule has 1 atom stereocenters. The summed E-state index contributed by atoms with van der Waals surface area (Å²) in [6.45, 7) is 3.23. The van der Waals surface area contributed by atoms with Crippen molar-refractivity contribution < 1.29 is 23.1 Å². The number of aliphatic hydroxyl groups is 1. The van der Waals surface area contributed by atoms with Crippen molar-refractivity contribution in [3.63, 3.8) is 0 Å². The van der Waals surface area contributed by atoms with E-state index in [-0.39, 0.29) is 11.6 Å². The Morgan fingerprint density at radius 2 is 2.04 bits per heavy atom. The maximum atomic E-state index is 12.6. The Hall–Kier alpha value is -2.71. The molecule has 0 spiro atoms. The van der Waals surface area contributed by atoms with Gasteiger partial charge in [0.1, 0.15) is 11.1 Å². The lowest BCUT2D eigenvalue weighted by Crippen LogP contribution is -2.13. The standard InChI is InChI=1S/C20H17F3N2O2S/c1-11-13(8-9-20(21,22)23)4-3-5-15(11)18(27)24-14-6-7-17-16(10-14)25-19(28-17)12(2)26/h3-10,12,26H,1-2H3,(H,24,27)/b9-8+. The predicted molar refractivity (Wildman–Crippen MR) is 104 cm³/mol. The van der Waals surface area contributed by atoms with Gasteiger partial charge in [0.2, 0.25) is 0 Å². The van der Waals surface area contributed by atoms with E-state index in [9.17, 15) is 23.1 Å². The number of nitrogens with one attached hydrogen (secondary N) is 1. The lowest BCUT2D eigenvalue weighted by molar-refractivity contribution is -0.0790. The monoisotopic (exact) mass is 406 g/mol. The van der Waals surface area contributed by atoms with Gasteiger partial charge in [-0.2, -0.15) is 13.2 Å². The van der Waals surface area contributed by atoms with Crippen LogP contribution >= 0.6 is 11.3 Å². The molecule has 0 saturated carbocycles. The SMILES string of the molecule is Cc1c(/C=C/C(F)(F)F)cccc1C(=O)Nc1ccc2sc(C(C)O)nc2c1. The first kappa shape index (κ1) is 20.0. The number of carbonyl (C=O) groups excluding carboxylic acids is 1. The lowest BCUT2D eigenvalue weighted by Gasteiger charge is -2.10. The number of aliphatic hydroxyl groups excluding tert-OH is 1. The highest BCUT2D eigenvalue weighted by Crippen LogP contribution is 2.29. The molecule has 1 unspecified atom stereocenters. The third kappa shape index (κ3) is 4.58. The molecule has 0 saturated heterocycles. The highest BCUT2D eigenvalue weighted by molar-refractivity contribution is 7.18. The molecule has 0 radical (unpaired) electrons. The van der Waals surface area contributed by atoms with E-state index in [1.165, 1.54) is 23.5 Å². The van der Waals surface area contributed by atoms with Gasteiger partial charge in [0, 0.05) is 17.3 Å². The van der Waals surface area contributed by atoms with Gasteiger partial charge in [-0.05, 0) is 55.3 Å². The number of allylic oxidation sites excluding steroid dienone is 1. The quantitative estimate of drug-likeness (QED) is 0.603. The first-order chi connectivity index (χ1) is 13.1. The summed E-state index contributed by atoms with van der Waals surface area (Å²) in [5.41, 5.74) is 2.22. The largest absolute Gasteiger partial charge is 0.409 e. The predicted octanol–water partition coefficient (Wildman–Crippen LogP) is 5.49. The molecule has 0 aliphatic carbocycles. The minimum absolute atomic E-state index is 0.146. The fourth-order valence-electron chi connectivity index (χ4n) is 2.66. The molecule has 1 heterocycles. The maximum absolute atomic E-state index is 12.6. The summed E-state index contributed by atoms with van der Waals surface area (Å²) >= 11 is 1.37. The number of halogens is 3. The molecule has 2 aromatic carbocycles. The summed E-state index contributed by atoms with van der Waals surface area (Å²) in [4.78, 5) is 17.0. The maximum Gasteiger partial charge on any atom is 0.409 e. The van der Waals surface area contributed by atoms with E-state index in [0.717, 1.165) is 10.8 Å². The number of hydrogen-bond acceptors (Lipinski definition) is 4. The van der Waals surface area contributed by atoms with Crippen molar-refractivity contribution in [1.82, 2.24) is 4.98 Å². The fraction of sp³-hybridized carbons (Fsp3) is 0.200. The Morgan fingerprint density at radius 1 is 1.29 bits per heavy atom. The molecule has 4 nitrogen and oxygen atoms in total. The third-order valence-corrected chi connectivity index (χ3v) is 5.30. The molecular formula is C20H17F3N2O2S. The normalized spacial score (nSPS) is 13.2. The van der Waals surface area contributed by atoms with Gasteiger partial charge in [-0.15, -0.1) is 11.3 Å². The zero-order chi connectivity index (χ0) is 20.5. The Labute approximate surface area is 163 Å². The molecule has 1 aromatic heterocycles. The number of alkyl halides is 3. The number of hydrogen-bond donors (Lipinski definition) is 2. The van der Waals surface area contributed by atoms with Gasteiger partial charge in [0.25, 0.3) is 5.91 Å². The number of fused-ring (bicyclic) bond motifs is 1. The van der Waals surface area contributed by atoms with Gasteiger partial charge in [0.15, 0.2) is 0 Å². The Balaban J connectivity index is 1.85. The Bertz CT molecular complexity index is 1060. The minimum Gasteiger partial charge on any atom is -0.386 e. The molecule has 28 heavy (non-hydrogen) atoms. The molecule has 0 fully saturated rings. The summed E-state index contributed by atoms with van der Waals surface area (Å²) in [7, 11) is 0. The molecule has 146 valence electrons. The fourth-order valence-corrected chi connectivity index (χ4v) is 3.55. The average molecular weight is 406 g/mol. The number of rotatable bonds is 4. The highest BCUT2D eigenvalue weighted by atomic mass is 32.1. The summed E-state index contributed by atoms with van der Waals surface area (Å²) < 4.78 is 38.1. The molecule has 3 rings (SSSR count). The van der Waals surface area contributed by atoms with E-state index < -0.39 is 18.2 Å². The van der Waals surface area contributed by atoms with Crippen LogP contribution in [0.3, 0.4) is 0 Å². The van der Waals surface area contributed by atoms with E-state index in [4.69, 9.17) is 0 Å². The summed E-state index contributed by atoms with van der Waals surface area (Å²) in [6.07, 6.45) is -4.00. The second-order valence-electron chi connectivity index (χ2n) is 6.26. The zero-order valence-electron chi connectivity index (χ0n) is 15.0. The first-order valence-corrected chi connectivity index (χ1v) is 9.21. The summed E-state index contributed by atoms with van der Waals surface area (Å²) in [5.74, 6) is -0.426. The summed E-state index contributed by atoms with van der Waals surface area (Å²) in [5, 5.41) is 13.0. The Kier molecular flexibility index (Phi) is 5.53. The van der Waals surface area contributed by atoms with Gasteiger partial charge in [-0.1, -0.05) is 12.1 Å². The number of aromatic nitrogens is 1. The van der Waals surface area contributed by atoms with Crippen molar-refractivity contribution in [3.8, 4) is 0 Å². The van der Waals surface area contributed by atoms with Crippen LogP contribution in [0.4, 0.5) is 18.9 Å². The molecule has 0 bridgehead atoms. The van der Waals surface area contributed by atoms with Crippen molar-refractivity contribution in [2.75, 3.05) is 5.32 Å². The van der Waals surface area contributed by atoms with Crippen molar-refractivity contribution in [3.05, 3.63) is 64.2 Å². The van der Waals surface area contributed by atoms with Crippen LogP contribution in [0, 0.1) is 6.92 Å². The van der Waals surface area contributed by atoms with Crippen LogP contribution in [-0.4, -0.2) is 22.2 Å². The van der Waals surface area contributed by atoms with Crippen LogP contribution in [-0.2, 0) is 0 Å². The number of benzene rings is 2. The lowest BCUT2D eigenvalue weighted by atomic mass is 10.0. The van der Waals surface area contributed by atoms with Crippen molar-refractivity contribution in [2.45, 2.75) is 26.1 Å². The van der Waals surface area contributed by atoms with Crippen LogP contribution in [0.1, 0.15) is 39.5 Å². The van der Waals surface area contributed by atoms with Gasteiger partial charge >= 0.3 is 6.18 Å².